The number of amides is 3. The number of hydrogen-bond donors (Lipinski definition) is 1. The van der Waals surface area contributed by atoms with Gasteiger partial charge in [0.1, 0.15) is 0 Å². The van der Waals surface area contributed by atoms with Crippen LogP contribution in [0.5, 0.6) is 11.5 Å². The molecule has 178 valence electrons. The lowest BCUT2D eigenvalue weighted by Crippen LogP contribution is -2.36. The van der Waals surface area contributed by atoms with Crippen molar-refractivity contribution >= 4 is 41.0 Å². The summed E-state index contributed by atoms with van der Waals surface area (Å²) in [6.07, 6.45) is 4.52. The van der Waals surface area contributed by atoms with Crippen LogP contribution in [0.15, 0.2) is 53.4 Å². The number of aryl methyl sites for hydroxylation is 1. The van der Waals surface area contributed by atoms with Gasteiger partial charge in [0.15, 0.2) is 11.5 Å². The number of alkyl halides is 2. The van der Waals surface area contributed by atoms with Crippen LogP contribution in [0.25, 0.3) is 12.2 Å². The zero-order chi connectivity index (χ0) is 24.7. The van der Waals surface area contributed by atoms with Crippen molar-refractivity contribution < 1.29 is 32.6 Å². The number of methoxy groups -OCH3 is 1. The van der Waals surface area contributed by atoms with Gasteiger partial charge in [0.05, 0.1) is 12.0 Å². The van der Waals surface area contributed by atoms with Crippen LogP contribution < -0.4 is 14.8 Å². The highest BCUT2D eigenvalue weighted by Crippen LogP contribution is 2.34. The number of nitrogens with one attached hydrogen (secondary N) is 1. The molecule has 1 saturated heterocycles. The van der Waals surface area contributed by atoms with Crippen molar-refractivity contribution in [1.82, 2.24) is 10.2 Å². The van der Waals surface area contributed by atoms with E-state index in [1.807, 2.05) is 31.2 Å². The maximum Gasteiger partial charge on any atom is 0.387 e. The van der Waals surface area contributed by atoms with E-state index < -0.39 is 17.8 Å². The maximum atomic E-state index is 12.6. The zero-order valence-electron chi connectivity index (χ0n) is 18.4. The number of nitrogens with zero attached hydrogens (tertiary/aromatic N) is 1. The Labute approximate surface area is 199 Å². The molecule has 0 aliphatic carbocycles. The van der Waals surface area contributed by atoms with Crippen molar-refractivity contribution in [2.45, 2.75) is 13.5 Å². The number of imide groups is 1. The van der Waals surface area contributed by atoms with Crippen LogP contribution in [0.3, 0.4) is 0 Å². The van der Waals surface area contributed by atoms with Crippen LogP contribution in [-0.4, -0.2) is 48.8 Å². The quantitative estimate of drug-likeness (QED) is 0.525. The summed E-state index contributed by atoms with van der Waals surface area (Å²) in [7, 11) is 1.30. The molecule has 0 aromatic heterocycles. The Morgan fingerprint density at radius 2 is 1.94 bits per heavy atom. The van der Waals surface area contributed by atoms with Crippen molar-refractivity contribution in [3.63, 3.8) is 0 Å². The van der Waals surface area contributed by atoms with Gasteiger partial charge in [-0.05, 0) is 54.1 Å². The summed E-state index contributed by atoms with van der Waals surface area (Å²) in [6, 6.07) is 11.8. The first-order valence-corrected chi connectivity index (χ1v) is 11.0. The Hall–Kier alpha value is -3.66. The van der Waals surface area contributed by atoms with Gasteiger partial charge in [0.2, 0.25) is 5.91 Å². The fourth-order valence-corrected chi connectivity index (χ4v) is 3.97. The van der Waals surface area contributed by atoms with Gasteiger partial charge in [-0.1, -0.05) is 35.9 Å². The van der Waals surface area contributed by atoms with Gasteiger partial charge >= 0.3 is 6.61 Å². The Morgan fingerprint density at radius 1 is 1.15 bits per heavy atom. The summed E-state index contributed by atoms with van der Waals surface area (Å²) in [4.78, 5) is 38.1. The van der Waals surface area contributed by atoms with Gasteiger partial charge in [0, 0.05) is 19.2 Å². The summed E-state index contributed by atoms with van der Waals surface area (Å²) >= 11 is 0.752. The minimum Gasteiger partial charge on any atom is -0.493 e. The molecule has 0 saturated carbocycles. The van der Waals surface area contributed by atoms with E-state index in [1.165, 1.54) is 37.5 Å². The molecule has 1 N–H and O–H groups in total. The molecule has 1 fully saturated rings. The predicted molar refractivity (Wildman–Crippen MR) is 126 cm³/mol. The van der Waals surface area contributed by atoms with Gasteiger partial charge in [-0.15, -0.1) is 0 Å². The van der Waals surface area contributed by atoms with E-state index in [-0.39, 0.29) is 35.4 Å². The number of hydrogen-bond acceptors (Lipinski definition) is 6. The summed E-state index contributed by atoms with van der Waals surface area (Å²) in [6.45, 7) is -0.947. The molecule has 3 rings (SSSR count). The topological polar surface area (TPSA) is 84.9 Å². The van der Waals surface area contributed by atoms with E-state index in [0.717, 1.165) is 27.8 Å². The summed E-state index contributed by atoms with van der Waals surface area (Å²) in [5.74, 6) is -0.932. The van der Waals surface area contributed by atoms with Gasteiger partial charge < -0.3 is 14.8 Å². The molecule has 2 aromatic rings. The molecular weight excluding hydrogens is 466 g/mol. The fraction of sp³-hybridized carbons (Fsp3) is 0.208. The second-order valence-corrected chi connectivity index (χ2v) is 8.15. The van der Waals surface area contributed by atoms with E-state index >= 15 is 0 Å². The molecule has 1 aliphatic heterocycles. The number of thioether (sulfide) groups is 1. The Kier molecular flexibility index (Phi) is 8.42. The third-order valence-electron chi connectivity index (χ3n) is 4.68. The largest absolute Gasteiger partial charge is 0.493 e. The number of halogens is 2. The van der Waals surface area contributed by atoms with Crippen molar-refractivity contribution in [3.8, 4) is 11.5 Å². The average Bonchev–Trinajstić information content (AvgIpc) is 3.05. The van der Waals surface area contributed by atoms with Gasteiger partial charge in [-0.3, -0.25) is 19.3 Å². The smallest absolute Gasteiger partial charge is 0.387 e. The lowest BCUT2D eigenvalue weighted by molar-refractivity contribution is -0.123. The van der Waals surface area contributed by atoms with E-state index in [4.69, 9.17) is 4.74 Å². The Bertz CT molecular complexity index is 1150. The number of carbonyl (C=O) groups is 3. The summed E-state index contributed by atoms with van der Waals surface area (Å²) < 4.78 is 34.4. The molecule has 0 atom stereocenters. The van der Waals surface area contributed by atoms with Crippen LogP contribution in [0.4, 0.5) is 13.6 Å². The number of ether oxygens (including phenoxy) is 2. The first-order chi connectivity index (χ1) is 16.3. The van der Waals surface area contributed by atoms with Gasteiger partial charge in [-0.2, -0.15) is 8.78 Å². The van der Waals surface area contributed by atoms with Gasteiger partial charge in [0.25, 0.3) is 11.1 Å². The van der Waals surface area contributed by atoms with Crippen LogP contribution >= 0.6 is 11.8 Å². The molecule has 1 heterocycles. The second-order valence-electron chi connectivity index (χ2n) is 7.16. The van der Waals surface area contributed by atoms with E-state index in [2.05, 4.69) is 10.1 Å². The third-order valence-corrected chi connectivity index (χ3v) is 5.59. The van der Waals surface area contributed by atoms with Crippen molar-refractivity contribution in [1.29, 1.82) is 0 Å². The van der Waals surface area contributed by atoms with Crippen molar-refractivity contribution in [2.75, 3.05) is 20.2 Å². The summed E-state index contributed by atoms with van der Waals surface area (Å²) in [5, 5.41) is 2.18. The first kappa shape index (κ1) is 25.0. The van der Waals surface area contributed by atoms with Crippen LogP contribution in [0.2, 0.25) is 0 Å². The lowest BCUT2D eigenvalue weighted by atomic mass is 10.1. The number of carbonyl (C=O) groups excluding carboxylic acids is 3. The molecule has 0 bridgehead atoms. The van der Waals surface area contributed by atoms with Crippen LogP contribution in [0, 0.1) is 6.92 Å². The summed E-state index contributed by atoms with van der Waals surface area (Å²) in [5.41, 5.74) is 2.43. The molecule has 34 heavy (non-hydrogen) atoms. The van der Waals surface area contributed by atoms with Gasteiger partial charge in [-0.25, -0.2) is 0 Å². The highest BCUT2D eigenvalue weighted by atomic mass is 32.2. The molecule has 0 spiro atoms. The highest BCUT2D eigenvalue weighted by molar-refractivity contribution is 8.18. The molecule has 0 unspecified atom stereocenters. The van der Waals surface area contributed by atoms with E-state index in [0.29, 0.717) is 5.56 Å². The fourth-order valence-electron chi connectivity index (χ4n) is 3.11. The van der Waals surface area contributed by atoms with Crippen LogP contribution in [-0.2, 0) is 9.59 Å². The van der Waals surface area contributed by atoms with E-state index in [9.17, 15) is 23.2 Å². The number of benzene rings is 2. The van der Waals surface area contributed by atoms with Crippen molar-refractivity contribution in [3.05, 3.63) is 70.1 Å². The third kappa shape index (κ3) is 6.67. The minimum atomic E-state index is -3.00. The normalized spacial score (nSPS) is 15.0. The molecule has 7 nitrogen and oxygen atoms in total. The molecule has 3 amide bonds. The predicted octanol–water partition coefficient (Wildman–Crippen LogP) is 4.47. The maximum absolute atomic E-state index is 12.6. The second kappa shape index (κ2) is 11.5. The molecule has 1 aliphatic rings. The monoisotopic (exact) mass is 488 g/mol. The zero-order valence-corrected chi connectivity index (χ0v) is 19.2. The van der Waals surface area contributed by atoms with Crippen LogP contribution in [0.1, 0.15) is 16.7 Å². The highest BCUT2D eigenvalue weighted by Gasteiger charge is 2.34. The lowest BCUT2D eigenvalue weighted by Gasteiger charge is -2.12. The molecule has 2 aromatic carbocycles. The molecule has 0 radical (unpaired) electrons. The minimum absolute atomic E-state index is 0.0104. The Morgan fingerprint density at radius 3 is 2.65 bits per heavy atom. The van der Waals surface area contributed by atoms with E-state index in [1.54, 1.807) is 6.08 Å². The SMILES string of the molecule is COc1cc(/C=C2\SC(=O)N(CCNC(=O)/C=C/c3cccc(C)c3)C2=O)ccc1OC(F)F. The first-order valence-electron chi connectivity index (χ1n) is 10.2. The number of rotatable bonds is 9. The Balaban J connectivity index is 1.58. The van der Waals surface area contributed by atoms with Crippen molar-refractivity contribution in [2.24, 2.45) is 0 Å². The standard InChI is InChI=1S/C24H22F2N2O5S/c1-15-4-3-5-16(12-15)7-9-21(29)27-10-11-28-22(30)20(34-24(28)31)14-17-6-8-18(33-23(25)26)19(13-17)32-2/h3-9,12-14,23H,10-11H2,1-2H3,(H,27,29)/b9-7+,20-14-. The molecular formula is C24H22F2N2O5S. The molecule has 10 heteroatoms. The average molecular weight is 489 g/mol.